The van der Waals surface area contributed by atoms with Crippen LogP contribution in [0.25, 0.3) is 0 Å². The predicted octanol–water partition coefficient (Wildman–Crippen LogP) is 3.67. The first kappa shape index (κ1) is 11.7. The topological polar surface area (TPSA) is 12.9 Å². The standard InChI is InChI=1S/C13H15NS2/c1-10-14-13(9-16-10)7-6-11-2-4-12(8-15)5-3-11/h2-5,9,15H,6-8H2,1H3. The molecule has 0 amide bonds. The molecule has 1 heterocycles. The molecule has 0 aliphatic heterocycles. The van der Waals surface area contributed by atoms with Gasteiger partial charge in [0.2, 0.25) is 0 Å². The second-order valence-corrected chi connectivity index (χ2v) is 5.21. The van der Waals surface area contributed by atoms with E-state index in [1.807, 2.05) is 0 Å². The summed E-state index contributed by atoms with van der Waals surface area (Å²) in [5.74, 6) is 0.811. The summed E-state index contributed by atoms with van der Waals surface area (Å²) < 4.78 is 0. The molecule has 1 nitrogen and oxygen atoms in total. The molecule has 84 valence electrons. The number of hydrogen-bond acceptors (Lipinski definition) is 3. The van der Waals surface area contributed by atoms with Gasteiger partial charge in [-0.1, -0.05) is 24.3 Å². The van der Waals surface area contributed by atoms with Crippen molar-refractivity contribution in [3.63, 3.8) is 0 Å². The number of rotatable bonds is 4. The maximum atomic E-state index is 4.47. The third-order valence-electron chi connectivity index (χ3n) is 2.54. The molecule has 0 radical (unpaired) electrons. The van der Waals surface area contributed by atoms with E-state index in [2.05, 4.69) is 54.2 Å². The Kier molecular flexibility index (Phi) is 4.02. The van der Waals surface area contributed by atoms with Gasteiger partial charge in [0.05, 0.1) is 10.7 Å². The highest BCUT2D eigenvalue weighted by Crippen LogP contribution is 2.12. The molecule has 1 aromatic heterocycles. The zero-order valence-corrected chi connectivity index (χ0v) is 11.0. The van der Waals surface area contributed by atoms with E-state index in [9.17, 15) is 0 Å². The van der Waals surface area contributed by atoms with E-state index in [1.54, 1.807) is 11.3 Å². The van der Waals surface area contributed by atoms with E-state index in [-0.39, 0.29) is 0 Å². The van der Waals surface area contributed by atoms with Crippen molar-refractivity contribution in [2.75, 3.05) is 0 Å². The zero-order chi connectivity index (χ0) is 11.4. The summed E-state index contributed by atoms with van der Waals surface area (Å²) in [6.07, 6.45) is 2.10. The molecule has 0 saturated heterocycles. The van der Waals surface area contributed by atoms with Gasteiger partial charge in [0.15, 0.2) is 0 Å². The predicted molar refractivity (Wildman–Crippen MR) is 73.4 cm³/mol. The van der Waals surface area contributed by atoms with E-state index in [1.165, 1.54) is 16.8 Å². The summed E-state index contributed by atoms with van der Waals surface area (Å²) >= 11 is 5.97. The summed E-state index contributed by atoms with van der Waals surface area (Å²) in [6.45, 7) is 2.05. The van der Waals surface area contributed by atoms with Gasteiger partial charge in [-0.05, 0) is 30.9 Å². The van der Waals surface area contributed by atoms with Crippen LogP contribution in [0.15, 0.2) is 29.6 Å². The lowest BCUT2D eigenvalue weighted by Gasteiger charge is -2.01. The van der Waals surface area contributed by atoms with E-state index in [4.69, 9.17) is 0 Å². The van der Waals surface area contributed by atoms with Crippen LogP contribution in [0.2, 0.25) is 0 Å². The maximum Gasteiger partial charge on any atom is 0.0897 e. The smallest absolute Gasteiger partial charge is 0.0897 e. The number of aryl methyl sites for hydroxylation is 3. The van der Waals surface area contributed by atoms with Crippen molar-refractivity contribution in [1.82, 2.24) is 4.98 Å². The minimum absolute atomic E-state index is 0.811. The Balaban J connectivity index is 1.94. The quantitative estimate of drug-likeness (QED) is 0.816. The normalized spacial score (nSPS) is 10.6. The fraction of sp³-hybridized carbons (Fsp3) is 0.308. The minimum atomic E-state index is 0.811. The molecule has 2 aromatic rings. The van der Waals surface area contributed by atoms with Gasteiger partial charge in [0, 0.05) is 11.1 Å². The summed E-state index contributed by atoms with van der Waals surface area (Å²) in [4.78, 5) is 4.47. The molecule has 0 atom stereocenters. The maximum absolute atomic E-state index is 4.47. The Bertz CT molecular complexity index is 445. The Labute approximate surface area is 106 Å². The first-order valence-corrected chi connectivity index (χ1v) is 6.89. The van der Waals surface area contributed by atoms with E-state index in [0.29, 0.717) is 0 Å². The van der Waals surface area contributed by atoms with Crippen molar-refractivity contribution in [1.29, 1.82) is 0 Å². The van der Waals surface area contributed by atoms with Crippen LogP contribution in [0, 0.1) is 6.92 Å². The fourth-order valence-electron chi connectivity index (χ4n) is 1.61. The third-order valence-corrected chi connectivity index (χ3v) is 3.73. The van der Waals surface area contributed by atoms with Gasteiger partial charge in [-0.25, -0.2) is 4.98 Å². The molecule has 0 unspecified atom stereocenters. The van der Waals surface area contributed by atoms with Crippen molar-refractivity contribution in [2.24, 2.45) is 0 Å². The Morgan fingerprint density at radius 1 is 1.12 bits per heavy atom. The molecule has 0 fully saturated rings. The molecule has 0 bridgehead atoms. The first-order valence-electron chi connectivity index (χ1n) is 5.37. The van der Waals surface area contributed by atoms with E-state index >= 15 is 0 Å². The van der Waals surface area contributed by atoms with Gasteiger partial charge in [0.1, 0.15) is 0 Å². The average Bonchev–Trinajstić information content (AvgIpc) is 2.73. The highest BCUT2D eigenvalue weighted by atomic mass is 32.1. The lowest BCUT2D eigenvalue weighted by Crippen LogP contribution is -1.92. The molecule has 2 rings (SSSR count). The van der Waals surface area contributed by atoms with Crippen LogP contribution in [0.1, 0.15) is 21.8 Å². The van der Waals surface area contributed by atoms with E-state index in [0.717, 1.165) is 23.6 Å². The van der Waals surface area contributed by atoms with Crippen LogP contribution in [-0.2, 0) is 18.6 Å². The molecule has 16 heavy (non-hydrogen) atoms. The summed E-state index contributed by atoms with van der Waals surface area (Å²) in [7, 11) is 0. The first-order chi connectivity index (χ1) is 7.78. The number of nitrogens with zero attached hydrogens (tertiary/aromatic N) is 1. The second kappa shape index (κ2) is 5.51. The number of thiol groups is 1. The second-order valence-electron chi connectivity index (χ2n) is 3.83. The summed E-state index contributed by atoms with van der Waals surface area (Å²) in [5, 5.41) is 3.30. The minimum Gasteiger partial charge on any atom is -0.247 e. The van der Waals surface area contributed by atoms with Gasteiger partial charge in [0.25, 0.3) is 0 Å². The average molecular weight is 249 g/mol. The fourth-order valence-corrected chi connectivity index (χ4v) is 2.46. The van der Waals surface area contributed by atoms with Crippen LogP contribution in [0.5, 0.6) is 0 Å². The third kappa shape index (κ3) is 3.09. The van der Waals surface area contributed by atoms with Gasteiger partial charge in [-0.15, -0.1) is 11.3 Å². The number of hydrogen-bond donors (Lipinski definition) is 1. The lowest BCUT2D eigenvalue weighted by atomic mass is 10.1. The Morgan fingerprint density at radius 2 is 1.81 bits per heavy atom. The SMILES string of the molecule is Cc1nc(CCc2ccc(CS)cc2)cs1. The van der Waals surface area contributed by atoms with Crippen LogP contribution >= 0.6 is 24.0 Å². The molecule has 3 heteroatoms. The van der Waals surface area contributed by atoms with Crippen LogP contribution in [0.4, 0.5) is 0 Å². The number of thiazole rings is 1. The van der Waals surface area contributed by atoms with Gasteiger partial charge >= 0.3 is 0 Å². The number of aromatic nitrogens is 1. The van der Waals surface area contributed by atoms with Crippen LogP contribution < -0.4 is 0 Å². The molecular weight excluding hydrogens is 234 g/mol. The van der Waals surface area contributed by atoms with Crippen LogP contribution in [-0.4, -0.2) is 4.98 Å². The van der Waals surface area contributed by atoms with Gasteiger partial charge in [-0.2, -0.15) is 12.6 Å². The largest absolute Gasteiger partial charge is 0.247 e. The van der Waals surface area contributed by atoms with Crippen LogP contribution in [0.3, 0.4) is 0 Å². The highest BCUT2D eigenvalue weighted by Gasteiger charge is 1.99. The summed E-state index contributed by atoms with van der Waals surface area (Å²) in [6, 6.07) is 8.67. The van der Waals surface area contributed by atoms with Crippen molar-refractivity contribution < 1.29 is 0 Å². The monoisotopic (exact) mass is 249 g/mol. The number of benzene rings is 1. The molecular formula is C13H15NS2. The van der Waals surface area contributed by atoms with Crippen molar-refractivity contribution in [3.05, 3.63) is 51.5 Å². The molecule has 0 saturated carbocycles. The van der Waals surface area contributed by atoms with Crippen molar-refractivity contribution in [2.45, 2.75) is 25.5 Å². The molecule has 1 aromatic carbocycles. The highest BCUT2D eigenvalue weighted by molar-refractivity contribution is 7.79. The van der Waals surface area contributed by atoms with Crippen molar-refractivity contribution >= 4 is 24.0 Å². The Morgan fingerprint density at radius 3 is 2.38 bits per heavy atom. The lowest BCUT2D eigenvalue weighted by molar-refractivity contribution is 0.919. The Hall–Kier alpha value is -0.800. The van der Waals surface area contributed by atoms with Gasteiger partial charge < -0.3 is 0 Å². The molecule has 0 aliphatic carbocycles. The van der Waals surface area contributed by atoms with Gasteiger partial charge in [-0.3, -0.25) is 0 Å². The molecule has 0 spiro atoms. The zero-order valence-electron chi connectivity index (χ0n) is 9.31. The summed E-state index contributed by atoms with van der Waals surface area (Å²) in [5.41, 5.74) is 3.86. The van der Waals surface area contributed by atoms with Crippen molar-refractivity contribution in [3.8, 4) is 0 Å². The molecule has 0 aliphatic rings. The molecule has 0 N–H and O–H groups in total. The van der Waals surface area contributed by atoms with E-state index < -0.39 is 0 Å².